The number of hydrogen-bond acceptors (Lipinski definition) is 3. The molecule has 2 aromatic carbocycles. The van der Waals surface area contributed by atoms with Crippen molar-refractivity contribution < 1.29 is 14.4 Å². The molecular formula is C14H9NO3. The van der Waals surface area contributed by atoms with Gasteiger partial charge in [0.05, 0.1) is 6.20 Å². The van der Waals surface area contributed by atoms with Crippen molar-refractivity contribution in [2.75, 3.05) is 0 Å². The monoisotopic (exact) mass is 239 g/mol. The molecule has 0 atom stereocenters. The van der Waals surface area contributed by atoms with Crippen LogP contribution in [-0.2, 0) is 0 Å². The van der Waals surface area contributed by atoms with Crippen LogP contribution in [0.2, 0.25) is 0 Å². The zero-order valence-electron chi connectivity index (χ0n) is 9.33. The summed E-state index contributed by atoms with van der Waals surface area (Å²) in [6, 6.07) is 13.4. The Balaban J connectivity index is 2.32. The molecule has 1 N–H and O–H groups in total. The third kappa shape index (κ3) is 1.55. The average Bonchev–Trinajstić information content (AvgIpc) is 2.87. The van der Waals surface area contributed by atoms with E-state index in [9.17, 15) is 4.79 Å². The largest absolute Gasteiger partial charge is 0.477 e. The molecule has 1 heterocycles. The molecule has 0 aliphatic heterocycles. The predicted molar refractivity (Wildman–Crippen MR) is 66.4 cm³/mol. The predicted octanol–water partition coefficient (Wildman–Crippen LogP) is 3.19. The standard InChI is InChI=1S/C14H9NO3/c16-14(17)12-8-15-18-13(12)11-7-3-5-9-4-1-2-6-10(9)11/h1-8H,(H,16,17). The molecule has 0 unspecified atom stereocenters. The lowest BCUT2D eigenvalue weighted by molar-refractivity contribution is 0.0697. The molecule has 88 valence electrons. The van der Waals surface area contributed by atoms with Crippen molar-refractivity contribution in [1.82, 2.24) is 5.16 Å². The second-order valence-corrected chi connectivity index (χ2v) is 3.90. The number of rotatable bonds is 2. The first kappa shape index (κ1) is 10.5. The van der Waals surface area contributed by atoms with Crippen molar-refractivity contribution >= 4 is 16.7 Å². The normalized spacial score (nSPS) is 10.7. The molecule has 0 saturated heterocycles. The van der Waals surface area contributed by atoms with Gasteiger partial charge in [-0.05, 0) is 10.8 Å². The van der Waals surface area contributed by atoms with Gasteiger partial charge in [0.15, 0.2) is 5.76 Å². The van der Waals surface area contributed by atoms with Gasteiger partial charge in [-0.15, -0.1) is 0 Å². The lowest BCUT2D eigenvalue weighted by atomic mass is 10.0. The van der Waals surface area contributed by atoms with E-state index in [0.29, 0.717) is 5.76 Å². The highest BCUT2D eigenvalue weighted by Crippen LogP contribution is 2.30. The molecular weight excluding hydrogens is 230 g/mol. The Labute approximate surface area is 102 Å². The minimum Gasteiger partial charge on any atom is -0.477 e. The number of carboxylic acid groups (broad SMARTS) is 1. The maximum absolute atomic E-state index is 11.1. The summed E-state index contributed by atoms with van der Waals surface area (Å²) in [5.41, 5.74) is 0.814. The molecule has 0 saturated carbocycles. The summed E-state index contributed by atoms with van der Waals surface area (Å²) in [4.78, 5) is 11.1. The quantitative estimate of drug-likeness (QED) is 0.745. The summed E-state index contributed by atoms with van der Waals surface area (Å²) < 4.78 is 5.09. The first-order valence-electron chi connectivity index (χ1n) is 5.43. The maximum Gasteiger partial charge on any atom is 0.341 e. The number of benzene rings is 2. The first-order chi connectivity index (χ1) is 8.77. The van der Waals surface area contributed by atoms with Crippen molar-refractivity contribution in [3.05, 3.63) is 54.2 Å². The van der Waals surface area contributed by atoms with Gasteiger partial charge in [0.1, 0.15) is 5.56 Å². The molecule has 1 aromatic heterocycles. The van der Waals surface area contributed by atoms with Gasteiger partial charge in [-0.1, -0.05) is 47.6 Å². The smallest absolute Gasteiger partial charge is 0.341 e. The Morgan fingerprint density at radius 1 is 1.11 bits per heavy atom. The molecule has 0 amide bonds. The number of fused-ring (bicyclic) bond motifs is 1. The van der Waals surface area contributed by atoms with Crippen LogP contribution in [0.3, 0.4) is 0 Å². The van der Waals surface area contributed by atoms with Gasteiger partial charge in [-0.2, -0.15) is 0 Å². The fourth-order valence-electron chi connectivity index (χ4n) is 2.01. The average molecular weight is 239 g/mol. The van der Waals surface area contributed by atoms with Gasteiger partial charge in [-0.3, -0.25) is 0 Å². The van der Waals surface area contributed by atoms with Gasteiger partial charge >= 0.3 is 5.97 Å². The van der Waals surface area contributed by atoms with Crippen molar-refractivity contribution in [1.29, 1.82) is 0 Å². The Morgan fingerprint density at radius 3 is 2.72 bits per heavy atom. The molecule has 0 fully saturated rings. The molecule has 4 heteroatoms. The zero-order chi connectivity index (χ0) is 12.5. The van der Waals surface area contributed by atoms with E-state index >= 15 is 0 Å². The first-order valence-corrected chi connectivity index (χ1v) is 5.43. The van der Waals surface area contributed by atoms with Crippen LogP contribution in [0.5, 0.6) is 0 Å². The topological polar surface area (TPSA) is 63.3 Å². The van der Waals surface area contributed by atoms with E-state index in [2.05, 4.69) is 5.16 Å². The van der Waals surface area contributed by atoms with Crippen LogP contribution in [0, 0.1) is 0 Å². The van der Waals surface area contributed by atoms with Crippen LogP contribution < -0.4 is 0 Å². The minimum atomic E-state index is -1.04. The molecule has 18 heavy (non-hydrogen) atoms. The lowest BCUT2D eigenvalue weighted by Gasteiger charge is -2.03. The van der Waals surface area contributed by atoms with E-state index in [1.54, 1.807) is 0 Å². The third-order valence-electron chi connectivity index (χ3n) is 2.84. The van der Waals surface area contributed by atoms with Crippen molar-refractivity contribution in [3.63, 3.8) is 0 Å². The molecule has 0 bridgehead atoms. The van der Waals surface area contributed by atoms with Crippen LogP contribution in [0.15, 0.2) is 53.2 Å². The van der Waals surface area contributed by atoms with E-state index in [-0.39, 0.29) is 5.56 Å². The molecule has 4 nitrogen and oxygen atoms in total. The summed E-state index contributed by atoms with van der Waals surface area (Å²) >= 11 is 0. The van der Waals surface area contributed by atoms with Crippen LogP contribution >= 0.6 is 0 Å². The number of aromatic nitrogens is 1. The van der Waals surface area contributed by atoms with Crippen LogP contribution in [0.4, 0.5) is 0 Å². The molecule has 0 radical (unpaired) electrons. The van der Waals surface area contributed by atoms with Gasteiger partial charge < -0.3 is 9.63 Å². The molecule has 3 aromatic rings. The Bertz CT molecular complexity index is 725. The van der Waals surface area contributed by atoms with E-state index in [1.807, 2.05) is 42.5 Å². The Hall–Kier alpha value is -2.62. The SMILES string of the molecule is O=C(O)c1cnoc1-c1cccc2ccccc12. The number of aromatic carboxylic acids is 1. The summed E-state index contributed by atoms with van der Waals surface area (Å²) in [5.74, 6) is -0.751. The maximum atomic E-state index is 11.1. The molecule has 0 aliphatic carbocycles. The summed E-state index contributed by atoms with van der Waals surface area (Å²) in [6.45, 7) is 0. The zero-order valence-corrected chi connectivity index (χ0v) is 9.33. The lowest BCUT2D eigenvalue weighted by Crippen LogP contribution is -1.96. The van der Waals surface area contributed by atoms with E-state index < -0.39 is 5.97 Å². The fraction of sp³-hybridized carbons (Fsp3) is 0. The highest BCUT2D eigenvalue weighted by Gasteiger charge is 2.18. The molecule has 3 rings (SSSR count). The highest BCUT2D eigenvalue weighted by atomic mass is 16.5. The van der Waals surface area contributed by atoms with Gasteiger partial charge in [0.25, 0.3) is 0 Å². The van der Waals surface area contributed by atoms with E-state index in [1.165, 1.54) is 6.20 Å². The number of carboxylic acids is 1. The second-order valence-electron chi connectivity index (χ2n) is 3.90. The Morgan fingerprint density at radius 2 is 1.89 bits per heavy atom. The van der Waals surface area contributed by atoms with Crippen molar-refractivity contribution in [2.24, 2.45) is 0 Å². The summed E-state index contributed by atoms with van der Waals surface area (Å²) in [7, 11) is 0. The van der Waals surface area contributed by atoms with Crippen molar-refractivity contribution in [3.8, 4) is 11.3 Å². The van der Waals surface area contributed by atoms with Crippen LogP contribution in [0.1, 0.15) is 10.4 Å². The van der Waals surface area contributed by atoms with Gasteiger partial charge in [0.2, 0.25) is 0 Å². The highest BCUT2D eigenvalue weighted by molar-refractivity contribution is 6.01. The molecule has 0 spiro atoms. The van der Waals surface area contributed by atoms with E-state index in [0.717, 1.165) is 16.3 Å². The van der Waals surface area contributed by atoms with Gasteiger partial charge in [-0.25, -0.2) is 4.79 Å². The van der Waals surface area contributed by atoms with Crippen molar-refractivity contribution in [2.45, 2.75) is 0 Å². The second kappa shape index (κ2) is 4.00. The van der Waals surface area contributed by atoms with Gasteiger partial charge in [0, 0.05) is 5.56 Å². The number of carbonyl (C=O) groups is 1. The molecule has 0 aliphatic rings. The minimum absolute atomic E-state index is 0.0753. The number of nitrogens with zero attached hydrogens (tertiary/aromatic N) is 1. The third-order valence-corrected chi connectivity index (χ3v) is 2.84. The van der Waals surface area contributed by atoms with E-state index in [4.69, 9.17) is 9.63 Å². The number of hydrogen-bond donors (Lipinski definition) is 1. The van der Waals surface area contributed by atoms with Crippen LogP contribution in [-0.4, -0.2) is 16.2 Å². The summed E-state index contributed by atoms with van der Waals surface area (Å²) in [6.07, 6.45) is 1.22. The Kier molecular flexibility index (Phi) is 2.34. The fourth-order valence-corrected chi connectivity index (χ4v) is 2.01. The summed E-state index contributed by atoms with van der Waals surface area (Å²) in [5, 5.41) is 14.6. The van der Waals surface area contributed by atoms with Crippen LogP contribution in [0.25, 0.3) is 22.1 Å².